The average molecular weight is 276 g/mol. The molecule has 0 aliphatic carbocycles. The van der Waals surface area contributed by atoms with Gasteiger partial charge >= 0.3 is 0 Å². The van der Waals surface area contributed by atoms with E-state index in [-0.39, 0.29) is 24.5 Å². The number of rotatable bonds is 9. The highest BCUT2D eigenvalue weighted by Gasteiger charge is 2.01. The van der Waals surface area contributed by atoms with Crippen LogP contribution >= 0.6 is 0 Å². The first-order valence-corrected chi connectivity index (χ1v) is 6.73. The molecular formula is C13H28N2O4. The minimum atomic E-state index is -0.149. The van der Waals surface area contributed by atoms with Gasteiger partial charge in [0.1, 0.15) is 6.61 Å². The van der Waals surface area contributed by atoms with Gasteiger partial charge in [-0.2, -0.15) is 0 Å². The predicted octanol–water partition coefficient (Wildman–Crippen LogP) is 0.707. The van der Waals surface area contributed by atoms with Crippen LogP contribution in [0.2, 0.25) is 0 Å². The Morgan fingerprint density at radius 1 is 1.05 bits per heavy atom. The van der Waals surface area contributed by atoms with Crippen LogP contribution in [-0.4, -0.2) is 50.8 Å². The molecule has 0 aromatic carbocycles. The van der Waals surface area contributed by atoms with Crippen molar-refractivity contribution in [3.05, 3.63) is 0 Å². The van der Waals surface area contributed by atoms with E-state index in [9.17, 15) is 9.59 Å². The van der Waals surface area contributed by atoms with Gasteiger partial charge in [-0.1, -0.05) is 13.8 Å². The van der Waals surface area contributed by atoms with Gasteiger partial charge in [-0.3, -0.25) is 9.59 Å². The van der Waals surface area contributed by atoms with Crippen molar-refractivity contribution in [2.24, 2.45) is 0 Å². The zero-order chi connectivity index (χ0) is 15.1. The number of hydrogen-bond acceptors (Lipinski definition) is 4. The van der Waals surface area contributed by atoms with Gasteiger partial charge in [-0.15, -0.1) is 0 Å². The van der Waals surface area contributed by atoms with E-state index in [4.69, 9.17) is 9.47 Å². The maximum absolute atomic E-state index is 11.2. The molecular weight excluding hydrogens is 248 g/mol. The Bertz CT molecular complexity index is 233. The Kier molecular flexibility index (Phi) is 15.8. The molecule has 2 N–H and O–H groups in total. The lowest BCUT2D eigenvalue weighted by atomic mass is 10.5. The molecule has 0 rings (SSSR count). The number of carbonyl (C=O) groups is 2. The fourth-order valence-corrected chi connectivity index (χ4v) is 0.957. The lowest BCUT2D eigenvalue weighted by Gasteiger charge is -2.08. The standard InChI is InChI=1S/C11H22N2O4.C2H6/c1-9(2)17-8-11(15)13-5-7-16-6-4-12-10(3)14;1-2/h9H,4-8H2,1-3H3,(H,12,14)(H,13,15);1-2H3. The topological polar surface area (TPSA) is 76.7 Å². The van der Waals surface area contributed by atoms with Gasteiger partial charge in [-0.25, -0.2) is 0 Å². The van der Waals surface area contributed by atoms with Gasteiger partial charge in [0.05, 0.1) is 19.3 Å². The fraction of sp³-hybridized carbons (Fsp3) is 0.846. The maximum atomic E-state index is 11.2. The second-order valence-electron chi connectivity index (χ2n) is 3.81. The minimum Gasteiger partial charge on any atom is -0.378 e. The molecule has 0 heterocycles. The molecule has 0 radical (unpaired) electrons. The molecule has 0 unspecified atom stereocenters. The molecule has 0 atom stereocenters. The van der Waals surface area contributed by atoms with E-state index >= 15 is 0 Å². The number of hydrogen-bond donors (Lipinski definition) is 2. The summed E-state index contributed by atoms with van der Waals surface area (Å²) in [4.78, 5) is 21.7. The van der Waals surface area contributed by atoms with Crippen molar-refractivity contribution < 1.29 is 19.1 Å². The molecule has 0 aliphatic heterocycles. The van der Waals surface area contributed by atoms with Crippen molar-refractivity contribution >= 4 is 11.8 Å². The molecule has 0 aliphatic rings. The van der Waals surface area contributed by atoms with E-state index < -0.39 is 0 Å². The molecule has 0 aromatic rings. The Balaban J connectivity index is 0. The number of carbonyl (C=O) groups excluding carboxylic acids is 2. The largest absolute Gasteiger partial charge is 0.378 e. The van der Waals surface area contributed by atoms with Crippen molar-refractivity contribution in [2.45, 2.75) is 40.7 Å². The van der Waals surface area contributed by atoms with Gasteiger partial charge in [0.25, 0.3) is 0 Å². The van der Waals surface area contributed by atoms with Crippen LogP contribution in [0.5, 0.6) is 0 Å². The van der Waals surface area contributed by atoms with Crippen LogP contribution in [0.4, 0.5) is 0 Å². The molecule has 6 heteroatoms. The normalized spacial score (nSPS) is 9.58. The second-order valence-corrected chi connectivity index (χ2v) is 3.81. The SMILES string of the molecule is CC.CC(=O)NCCOCCNC(=O)COC(C)C. The number of ether oxygens (including phenoxy) is 2. The first-order chi connectivity index (χ1) is 9.02. The lowest BCUT2D eigenvalue weighted by Crippen LogP contribution is -2.32. The summed E-state index contributed by atoms with van der Waals surface area (Å²) in [5.41, 5.74) is 0. The summed E-state index contributed by atoms with van der Waals surface area (Å²) in [6.45, 7) is 11.1. The summed E-state index contributed by atoms with van der Waals surface area (Å²) in [6, 6.07) is 0. The molecule has 0 saturated heterocycles. The van der Waals surface area contributed by atoms with Crippen LogP contribution in [0.1, 0.15) is 34.6 Å². The number of amides is 2. The van der Waals surface area contributed by atoms with Crippen LogP contribution < -0.4 is 10.6 Å². The monoisotopic (exact) mass is 276 g/mol. The van der Waals surface area contributed by atoms with Gasteiger partial charge in [0, 0.05) is 20.0 Å². The minimum absolute atomic E-state index is 0.0506. The van der Waals surface area contributed by atoms with Gasteiger partial charge in [-0.05, 0) is 13.8 Å². The van der Waals surface area contributed by atoms with E-state index in [2.05, 4.69) is 10.6 Å². The highest BCUT2D eigenvalue weighted by Crippen LogP contribution is 1.85. The molecule has 0 fully saturated rings. The Morgan fingerprint density at radius 2 is 1.58 bits per heavy atom. The highest BCUT2D eigenvalue weighted by atomic mass is 16.5. The molecule has 0 aromatic heterocycles. The Labute approximate surface area is 116 Å². The van der Waals surface area contributed by atoms with Crippen molar-refractivity contribution in [1.82, 2.24) is 10.6 Å². The highest BCUT2D eigenvalue weighted by molar-refractivity contribution is 5.77. The third-order valence-corrected chi connectivity index (χ3v) is 1.74. The smallest absolute Gasteiger partial charge is 0.246 e. The van der Waals surface area contributed by atoms with E-state index in [0.717, 1.165) is 0 Å². The average Bonchev–Trinajstić information content (AvgIpc) is 2.37. The first-order valence-electron chi connectivity index (χ1n) is 6.73. The Hall–Kier alpha value is -1.14. The lowest BCUT2D eigenvalue weighted by molar-refractivity contribution is -0.127. The van der Waals surface area contributed by atoms with Crippen LogP contribution in [0.15, 0.2) is 0 Å². The van der Waals surface area contributed by atoms with E-state index in [1.54, 1.807) is 0 Å². The molecule has 6 nitrogen and oxygen atoms in total. The molecule has 114 valence electrons. The zero-order valence-corrected chi connectivity index (χ0v) is 12.7. The van der Waals surface area contributed by atoms with Crippen molar-refractivity contribution in [1.29, 1.82) is 0 Å². The van der Waals surface area contributed by atoms with Crippen LogP contribution in [-0.2, 0) is 19.1 Å². The molecule has 0 saturated carbocycles. The summed E-state index contributed by atoms with van der Waals surface area (Å²) < 4.78 is 10.3. The third kappa shape index (κ3) is 19.4. The van der Waals surface area contributed by atoms with E-state index in [1.807, 2.05) is 27.7 Å². The third-order valence-electron chi connectivity index (χ3n) is 1.74. The number of nitrogens with one attached hydrogen (secondary N) is 2. The molecule has 2 amide bonds. The van der Waals surface area contributed by atoms with E-state index in [0.29, 0.717) is 26.3 Å². The fourth-order valence-electron chi connectivity index (χ4n) is 0.957. The first kappa shape index (κ1) is 20.2. The van der Waals surface area contributed by atoms with E-state index in [1.165, 1.54) is 6.92 Å². The summed E-state index contributed by atoms with van der Waals surface area (Å²) in [7, 11) is 0. The summed E-state index contributed by atoms with van der Waals surface area (Å²) in [6.07, 6.45) is 0.0506. The van der Waals surface area contributed by atoms with Crippen LogP contribution in [0, 0.1) is 0 Å². The molecule has 19 heavy (non-hydrogen) atoms. The molecule has 0 spiro atoms. The van der Waals surface area contributed by atoms with Crippen molar-refractivity contribution in [3.63, 3.8) is 0 Å². The summed E-state index contributed by atoms with van der Waals surface area (Å²) in [5.74, 6) is -0.225. The maximum Gasteiger partial charge on any atom is 0.246 e. The van der Waals surface area contributed by atoms with Crippen LogP contribution in [0.3, 0.4) is 0 Å². The summed E-state index contributed by atoms with van der Waals surface area (Å²) >= 11 is 0. The quantitative estimate of drug-likeness (QED) is 0.608. The zero-order valence-electron chi connectivity index (χ0n) is 12.7. The van der Waals surface area contributed by atoms with Crippen LogP contribution in [0.25, 0.3) is 0 Å². The second kappa shape index (κ2) is 14.9. The predicted molar refractivity (Wildman–Crippen MR) is 74.9 cm³/mol. The Morgan fingerprint density at radius 3 is 2.05 bits per heavy atom. The molecule has 0 bridgehead atoms. The van der Waals surface area contributed by atoms with Crippen molar-refractivity contribution in [3.8, 4) is 0 Å². The van der Waals surface area contributed by atoms with Gasteiger partial charge < -0.3 is 20.1 Å². The van der Waals surface area contributed by atoms with Gasteiger partial charge in [0.15, 0.2) is 0 Å². The van der Waals surface area contributed by atoms with Crippen molar-refractivity contribution in [2.75, 3.05) is 32.9 Å². The van der Waals surface area contributed by atoms with Gasteiger partial charge in [0.2, 0.25) is 11.8 Å². The summed E-state index contributed by atoms with van der Waals surface area (Å²) in [5, 5.41) is 5.27.